The van der Waals surface area contributed by atoms with Crippen LogP contribution in [0.2, 0.25) is 0 Å². The Kier molecular flexibility index (Phi) is 4.99. The van der Waals surface area contributed by atoms with Gasteiger partial charge in [-0.15, -0.1) is 0 Å². The van der Waals surface area contributed by atoms with Crippen molar-refractivity contribution in [2.75, 3.05) is 0 Å². The minimum Gasteiger partial charge on any atom is -0.278 e. The van der Waals surface area contributed by atoms with E-state index >= 15 is 0 Å². The monoisotopic (exact) mass is 515 g/mol. The van der Waals surface area contributed by atoms with E-state index in [1.165, 1.54) is 43.7 Å². The predicted octanol–water partition coefficient (Wildman–Crippen LogP) is 7.42. The number of hydrogen-bond acceptors (Lipinski definition) is 2. The SMILES string of the molecule is CC1(C)c2ccccc2-c2cc3c4c(n(-c5nc(-c6ccccc6)cc(-c6ccccc6)n5)c3cc21)=CCCC=4. The molecule has 0 fully saturated rings. The zero-order valence-corrected chi connectivity index (χ0v) is 22.7. The van der Waals surface area contributed by atoms with Gasteiger partial charge in [-0.25, -0.2) is 9.97 Å². The lowest BCUT2D eigenvalue weighted by Crippen LogP contribution is -2.31. The van der Waals surface area contributed by atoms with Crippen molar-refractivity contribution in [3.05, 3.63) is 125 Å². The van der Waals surface area contributed by atoms with Crippen LogP contribution in [-0.4, -0.2) is 14.5 Å². The van der Waals surface area contributed by atoms with Crippen LogP contribution in [0, 0.1) is 0 Å². The highest BCUT2D eigenvalue weighted by molar-refractivity contribution is 5.94. The molecule has 0 spiro atoms. The maximum absolute atomic E-state index is 5.22. The van der Waals surface area contributed by atoms with Crippen molar-refractivity contribution in [3.63, 3.8) is 0 Å². The zero-order valence-electron chi connectivity index (χ0n) is 22.7. The van der Waals surface area contributed by atoms with Crippen molar-refractivity contribution in [1.29, 1.82) is 0 Å². The Bertz CT molecular complexity index is 2010. The molecule has 2 aliphatic rings. The third kappa shape index (κ3) is 3.37. The summed E-state index contributed by atoms with van der Waals surface area (Å²) in [7, 11) is 0. The molecule has 0 saturated carbocycles. The summed E-state index contributed by atoms with van der Waals surface area (Å²) in [5.41, 5.74) is 10.6. The van der Waals surface area contributed by atoms with Gasteiger partial charge in [-0.2, -0.15) is 0 Å². The lowest BCUT2D eigenvalue weighted by Gasteiger charge is -2.21. The van der Waals surface area contributed by atoms with Gasteiger partial charge >= 0.3 is 0 Å². The molecule has 3 nitrogen and oxygen atoms in total. The van der Waals surface area contributed by atoms with Crippen LogP contribution in [0.3, 0.4) is 0 Å². The van der Waals surface area contributed by atoms with Crippen LogP contribution in [0.4, 0.5) is 0 Å². The van der Waals surface area contributed by atoms with Gasteiger partial charge in [-0.05, 0) is 53.3 Å². The first-order chi connectivity index (χ1) is 19.6. The molecule has 0 N–H and O–H groups in total. The predicted molar refractivity (Wildman–Crippen MR) is 165 cm³/mol. The van der Waals surface area contributed by atoms with E-state index in [1.54, 1.807) is 0 Å². The standard InChI is InChI=1S/C37H29N3/c1-37(2)30-19-11-9-17-26(30)28-21-29-27-18-10-12-20-34(27)40(35(29)22-31(28)37)36-38-32(24-13-5-3-6-14-24)23-33(39-36)25-15-7-4-8-16-25/h3-9,11,13-23H,10,12H2,1-2H3. The summed E-state index contributed by atoms with van der Waals surface area (Å²) in [4.78, 5) is 10.4. The first-order valence-corrected chi connectivity index (χ1v) is 14.1. The Hall–Kier alpha value is -4.76. The molecule has 0 saturated heterocycles. The van der Waals surface area contributed by atoms with Crippen LogP contribution >= 0.6 is 0 Å². The molecule has 2 aromatic heterocycles. The second-order valence-electron chi connectivity index (χ2n) is 11.4. The second kappa shape index (κ2) is 8.62. The molecule has 40 heavy (non-hydrogen) atoms. The molecular formula is C37H29N3. The average Bonchev–Trinajstić information content (AvgIpc) is 3.45. The number of aromatic nitrogens is 3. The van der Waals surface area contributed by atoms with Crippen molar-refractivity contribution in [1.82, 2.24) is 14.5 Å². The van der Waals surface area contributed by atoms with Gasteiger partial charge in [0.15, 0.2) is 0 Å². The number of hydrogen-bond donors (Lipinski definition) is 0. The van der Waals surface area contributed by atoms with Crippen molar-refractivity contribution in [3.8, 4) is 39.6 Å². The quantitative estimate of drug-likeness (QED) is 0.246. The summed E-state index contributed by atoms with van der Waals surface area (Å²) in [6.45, 7) is 4.68. The summed E-state index contributed by atoms with van der Waals surface area (Å²) in [6, 6.07) is 36.7. The highest BCUT2D eigenvalue weighted by Gasteiger charge is 2.36. The normalized spacial score (nSPS) is 14.7. The largest absolute Gasteiger partial charge is 0.278 e. The first kappa shape index (κ1) is 23.2. The molecule has 4 aromatic carbocycles. The highest BCUT2D eigenvalue weighted by Crippen LogP contribution is 2.49. The van der Waals surface area contributed by atoms with E-state index < -0.39 is 0 Å². The molecular weight excluding hydrogens is 486 g/mol. The van der Waals surface area contributed by atoms with E-state index in [-0.39, 0.29) is 5.41 Å². The van der Waals surface area contributed by atoms with Crippen molar-refractivity contribution in [2.24, 2.45) is 0 Å². The van der Waals surface area contributed by atoms with Crippen molar-refractivity contribution >= 4 is 23.1 Å². The average molecular weight is 516 g/mol. The van der Waals surface area contributed by atoms with Gasteiger partial charge in [0, 0.05) is 27.1 Å². The lowest BCUT2D eigenvalue weighted by atomic mass is 9.82. The Balaban J connectivity index is 1.46. The highest BCUT2D eigenvalue weighted by atomic mass is 15.2. The molecule has 3 heteroatoms. The molecule has 2 aliphatic carbocycles. The summed E-state index contributed by atoms with van der Waals surface area (Å²) in [6.07, 6.45) is 6.82. The first-order valence-electron chi connectivity index (χ1n) is 14.1. The lowest BCUT2D eigenvalue weighted by molar-refractivity contribution is 0.661. The van der Waals surface area contributed by atoms with E-state index in [9.17, 15) is 0 Å². The van der Waals surface area contributed by atoms with E-state index in [0.717, 1.165) is 35.4 Å². The topological polar surface area (TPSA) is 30.7 Å². The van der Waals surface area contributed by atoms with Gasteiger partial charge in [0.2, 0.25) is 5.95 Å². The summed E-state index contributed by atoms with van der Waals surface area (Å²) < 4.78 is 2.30. The molecule has 192 valence electrons. The summed E-state index contributed by atoms with van der Waals surface area (Å²) >= 11 is 0. The third-order valence-electron chi connectivity index (χ3n) is 8.65. The van der Waals surface area contributed by atoms with Gasteiger partial charge in [0.25, 0.3) is 0 Å². The maximum Gasteiger partial charge on any atom is 0.235 e. The Morgan fingerprint density at radius 2 is 1.25 bits per heavy atom. The van der Waals surface area contributed by atoms with E-state index in [4.69, 9.17) is 9.97 Å². The molecule has 8 rings (SSSR count). The van der Waals surface area contributed by atoms with Gasteiger partial charge in [0.05, 0.1) is 22.3 Å². The number of rotatable bonds is 3. The minimum absolute atomic E-state index is 0.0783. The van der Waals surface area contributed by atoms with Gasteiger partial charge < -0.3 is 0 Å². The van der Waals surface area contributed by atoms with Crippen LogP contribution < -0.4 is 10.6 Å². The van der Waals surface area contributed by atoms with Gasteiger partial charge in [-0.3, -0.25) is 4.57 Å². The fraction of sp³-hybridized carbons (Fsp3) is 0.135. The van der Waals surface area contributed by atoms with Crippen molar-refractivity contribution in [2.45, 2.75) is 32.1 Å². The smallest absolute Gasteiger partial charge is 0.235 e. The fourth-order valence-corrected chi connectivity index (χ4v) is 6.65. The Morgan fingerprint density at radius 1 is 0.625 bits per heavy atom. The molecule has 0 atom stereocenters. The molecule has 0 unspecified atom stereocenters. The third-order valence-corrected chi connectivity index (χ3v) is 8.65. The number of benzene rings is 4. The Morgan fingerprint density at radius 3 is 1.95 bits per heavy atom. The van der Waals surface area contributed by atoms with E-state index in [0.29, 0.717) is 5.95 Å². The fourth-order valence-electron chi connectivity index (χ4n) is 6.65. The molecule has 0 radical (unpaired) electrons. The molecule has 0 amide bonds. The number of nitrogens with zero attached hydrogens (tertiary/aromatic N) is 3. The minimum atomic E-state index is -0.0783. The van der Waals surface area contributed by atoms with E-state index in [2.05, 4.69) is 122 Å². The van der Waals surface area contributed by atoms with Gasteiger partial charge in [0.1, 0.15) is 0 Å². The second-order valence-corrected chi connectivity index (χ2v) is 11.4. The van der Waals surface area contributed by atoms with Crippen LogP contribution in [-0.2, 0) is 5.41 Å². The number of fused-ring (bicyclic) bond motifs is 6. The van der Waals surface area contributed by atoms with E-state index in [1.807, 2.05) is 12.1 Å². The van der Waals surface area contributed by atoms with Gasteiger partial charge in [-0.1, -0.05) is 111 Å². The van der Waals surface area contributed by atoms with Crippen LogP contribution in [0.1, 0.15) is 37.8 Å². The molecule has 0 aliphatic heterocycles. The maximum atomic E-state index is 5.22. The zero-order chi connectivity index (χ0) is 26.8. The summed E-state index contributed by atoms with van der Waals surface area (Å²) in [5.74, 6) is 0.714. The molecule has 0 bridgehead atoms. The van der Waals surface area contributed by atoms with Crippen molar-refractivity contribution < 1.29 is 0 Å². The molecule has 2 heterocycles. The Labute approximate surface area is 233 Å². The molecule has 6 aromatic rings. The van der Waals surface area contributed by atoms with Crippen LogP contribution in [0.5, 0.6) is 0 Å². The summed E-state index contributed by atoms with van der Waals surface area (Å²) in [5, 5.41) is 3.76. The van der Waals surface area contributed by atoms with Crippen LogP contribution in [0.15, 0.2) is 103 Å². The van der Waals surface area contributed by atoms with Crippen LogP contribution in [0.25, 0.3) is 62.6 Å².